The molecule has 78 valence electrons. The number of hydrogen-bond acceptors (Lipinski definition) is 3. The number of anilines is 2. The molecule has 3 N–H and O–H groups in total. The molecule has 0 saturated heterocycles. The van der Waals surface area contributed by atoms with Gasteiger partial charge in [-0.1, -0.05) is 11.6 Å². The van der Waals surface area contributed by atoms with Crippen molar-refractivity contribution in [2.24, 2.45) is 0 Å². The van der Waals surface area contributed by atoms with E-state index in [0.717, 1.165) is 18.4 Å². The molecule has 0 radical (unpaired) electrons. The third-order valence-corrected chi connectivity index (χ3v) is 2.27. The Kier molecular flexibility index (Phi) is 2.86. The maximum absolute atomic E-state index is 12.9. The van der Waals surface area contributed by atoms with Crippen molar-refractivity contribution < 1.29 is 12.8 Å². The number of sulfonamides is 1. The Hall–Kier alpha value is -1.01. The Bertz CT molecular complexity index is 461. The fourth-order valence-corrected chi connectivity index (χ4v) is 1.60. The molecule has 0 aliphatic carbocycles. The van der Waals surface area contributed by atoms with Crippen LogP contribution in [0.4, 0.5) is 15.8 Å². The fraction of sp³-hybridized carbons (Fsp3) is 0.143. The highest BCUT2D eigenvalue weighted by molar-refractivity contribution is 7.92. The lowest BCUT2D eigenvalue weighted by Gasteiger charge is -2.07. The third-order valence-electron chi connectivity index (χ3n) is 1.39. The van der Waals surface area contributed by atoms with Crippen molar-refractivity contribution in [3.63, 3.8) is 0 Å². The monoisotopic (exact) mass is 238 g/mol. The summed E-state index contributed by atoms with van der Waals surface area (Å²) < 4.78 is 36.6. The molecular weight excluding hydrogens is 231 g/mol. The van der Waals surface area contributed by atoms with Crippen LogP contribution in [0.25, 0.3) is 0 Å². The van der Waals surface area contributed by atoms with Gasteiger partial charge in [-0.3, -0.25) is 4.72 Å². The summed E-state index contributed by atoms with van der Waals surface area (Å²) in [7, 11) is -3.47. The molecule has 0 atom stereocenters. The highest BCUT2D eigenvalue weighted by atomic mass is 35.5. The zero-order valence-electron chi connectivity index (χ0n) is 7.21. The number of rotatable bonds is 2. The number of hydrogen-bond donors (Lipinski definition) is 2. The predicted molar refractivity (Wildman–Crippen MR) is 54.3 cm³/mol. The Morgan fingerprint density at radius 1 is 1.50 bits per heavy atom. The van der Waals surface area contributed by atoms with Gasteiger partial charge in [0.25, 0.3) is 0 Å². The van der Waals surface area contributed by atoms with Crippen molar-refractivity contribution in [2.45, 2.75) is 0 Å². The highest BCUT2D eigenvalue weighted by Gasteiger charge is 2.09. The first-order valence-corrected chi connectivity index (χ1v) is 5.79. The number of nitrogen functional groups attached to an aromatic ring is 1. The number of nitrogens with two attached hydrogens (primary N) is 1. The van der Waals surface area contributed by atoms with Crippen molar-refractivity contribution in [1.82, 2.24) is 0 Å². The predicted octanol–water partition coefficient (Wildman–Crippen LogP) is 1.43. The van der Waals surface area contributed by atoms with Gasteiger partial charge in [-0.25, -0.2) is 12.8 Å². The van der Waals surface area contributed by atoms with E-state index in [0.29, 0.717) is 0 Å². The normalized spacial score (nSPS) is 11.4. The maximum atomic E-state index is 12.9. The Labute approximate surface area is 85.9 Å². The zero-order chi connectivity index (χ0) is 10.9. The average molecular weight is 239 g/mol. The lowest BCUT2D eigenvalue weighted by molar-refractivity contribution is 0.606. The van der Waals surface area contributed by atoms with Gasteiger partial charge in [0.2, 0.25) is 10.0 Å². The van der Waals surface area contributed by atoms with Crippen LogP contribution in [-0.4, -0.2) is 14.7 Å². The average Bonchev–Trinajstić information content (AvgIpc) is 1.97. The van der Waals surface area contributed by atoms with Crippen molar-refractivity contribution in [3.8, 4) is 0 Å². The fourth-order valence-electron chi connectivity index (χ4n) is 0.850. The van der Waals surface area contributed by atoms with Crippen LogP contribution in [-0.2, 0) is 10.0 Å². The first kappa shape index (κ1) is 11.1. The van der Waals surface area contributed by atoms with Crippen molar-refractivity contribution in [2.75, 3.05) is 16.7 Å². The summed E-state index contributed by atoms with van der Waals surface area (Å²) in [6.07, 6.45) is 0.943. The Morgan fingerprint density at radius 2 is 2.07 bits per heavy atom. The van der Waals surface area contributed by atoms with Crippen LogP contribution < -0.4 is 10.5 Å². The van der Waals surface area contributed by atoms with Gasteiger partial charge in [0.15, 0.2) is 0 Å². The third kappa shape index (κ3) is 2.74. The molecule has 4 nitrogen and oxygen atoms in total. The molecule has 1 aromatic rings. The summed E-state index contributed by atoms with van der Waals surface area (Å²) in [5.74, 6) is -0.730. The molecule has 0 fully saturated rings. The van der Waals surface area contributed by atoms with Crippen molar-refractivity contribution in [1.29, 1.82) is 0 Å². The molecule has 0 heterocycles. The second kappa shape index (κ2) is 3.62. The van der Waals surface area contributed by atoms with Crippen LogP contribution in [0.1, 0.15) is 0 Å². The molecule has 0 bridgehead atoms. The van der Waals surface area contributed by atoms with E-state index in [2.05, 4.69) is 4.72 Å². The topological polar surface area (TPSA) is 72.2 Å². The van der Waals surface area contributed by atoms with Crippen LogP contribution in [0.15, 0.2) is 12.1 Å². The highest BCUT2D eigenvalue weighted by Crippen LogP contribution is 2.26. The van der Waals surface area contributed by atoms with Crippen molar-refractivity contribution in [3.05, 3.63) is 23.0 Å². The summed E-state index contributed by atoms with van der Waals surface area (Å²) in [4.78, 5) is 0. The number of halogens is 2. The molecule has 0 aliphatic rings. The van der Waals surface area contributed by atoms with Crippen LogP contribution in [0.2, 0.25) is 5.02 Å². The minimum atomic E-state index is -3.47. The smallest absolute Gasteiger partial charge is 0.229 e. The molecule has 0 saturated carbocycles. The number of nitrogens with one attached hydrogen (secondary N) is 1. The second-order valence-electron chi connectivity index (χ2n) is 2.73. The molecule has 1 aromatic carbocycles. The summed E-state index contributed by atoms with van der Waals surface area (Å²) >= 11 is 5.42. The maximum Gasteiger partial charge on any atom is 0.229 e. The van der Waals surface area contributed by atoms with Crippen LogP contribution >= 0.6 is 11.6 Å². The quantitative estimate of drug-likeness (QED) is 0.766. The standard InChI is InChI=1S/C7H8ClFN2O2S/c1-14(12,13)11-7-3-5(9)4(8)2-6(7)10/h2-3,11H,10H2,1H3. The summed E-state index contributed by atoms with van der Waals surface area (Å²) in [5.41, 5.74) is 5.47. The largest absolute Gasteiger partial charge is 0.397 e. The van der Waals surface area contributed by atoms with Crippen LogP contribution in [0, 0.1) is 5.82 Å². The van der Waals surface area contributed by atoms with Gasteiger partial charge in [-0.05, 0) is 6.07 Å². The first-order chi connectivity index (χ1) is 6.29. The zero-order valence-corrected chi connectivity index (χ0v) is 8.79. The molecule has 0 aromatic heterocycles. The molecule has 7 heteroatoms. The van der Waals surface area contributed by atoms with E-state index in [9.17, 15) is 12.8 Å². The molecule has 0 aliphatic heterocycles. The Morgan fingerprint density at radius 3 is 2.57 bits per heavy atom. The molecule has 0 amide bonds. The Balaban J connectivity index is 3.17. The van der Waals surface area contributed by atoms with E-state index < -0.39 is 15.8 Å². The molecular formula is C7H8ClFN2O2S. The lowest BCUT2D eigenvalue weighted by atomic mass is 10.3. The minimum absolute atomic E-state index is 0.0191. The van der Waals surface area contributed by atoms with Crippen LogP contribution in [0.5, 0.6) is 0 Å². The SMILES string of the molecule is CS(=O)(=O)Nc1cc(F)c(Cl)cc1N. The lowest BCUT2D eigenvalue weighted by Crippen LogP contribution is -2.11. The molecule has 1 rings (SSSR count). The van der Waals surface area contributed by atoms with E-state index >= 15 is 0 Å². The van der Waals surface area contributed by atoms with E-state index in [-0.39, 0.29) is 16.4 Å². The van der Waals surface area contributed by atoms with E-state index in [4.69, 9.17) is 17.3 Å². The summed E-state index contributed by atoms with van der Waals surface area (Å²) in [6.45, 7) is 0. The van der Waals surface area contributed by atoms with Gasteiger partial charge in [0.1, 0.15) is 5.82 Å². The van der Waals surface area contributed by atoms with Gasteiger partial charge in [-0.2, -0.15) is 0 Å². The summed E-state index contributed by atoms with van der Waals surface area (Å²) in [5, 5.41) is -0.151. The van der Waals surface area contributed by atoms with E-state index in [1.54, 1.807) is 0 Å². The van der Waals surface area contributed by atoms with E-state index in [1.807, 2.05) is 0 Å². The van der Waals surface area contributed by atoms with Crippen LogP contribution in [0.3, 0.4) is 0 Å². The van der Waals surface area contributed by atoms with Gasteiger partial charge in [0.05, 0.1) is 22.7 Å². The van der Waals surface area contributed by atoms with Crippen molar-refractivity contribution >= 4 is 33.0 Å². The van der Waals surface area contributed by atoms with Gasteiger partial charge in [0, 0.05) is 6.07 Å². The minimum Gasteiger partial charge on any atom is -0.397 e. The molecule has 0 spiro atoms. The number of benzene rings is 1. The second-order valence-corrected chi connectivity index (χ2v) is 4.88. The van der Waals surface area contributed by atoms with Gasteiger partial charge >= 0.3 is 0 Å². The van der Waals surface area contributed by atoms with Gasteiger partial charge in [-0.15, -0.1) is 0 Å². The van der Waals surface area contributed by atoms with Gasteiger partial charge < -0.3 is 5.73 Å². The summed E-state index contributed by atoms with van der Waals surface area (Å²) in [6, 6.07) is 2.07. The molecule has 14 heavy (non-hydrogen) atoms. The van der Waals surface area contributed by atoms with E-state index in [1.165, 1.54) is 0 Å². The first-order valence-electron chi connectivity index (χ1n) is 3.52. The molecule has 0 unspecified atom stereocenters.